The van der Waals surface area contributed by atoms with Crippen molar-refractivity contribution in [2.75, 3.05) is 0 Å². The highest BCUT2D eigenvalue weighted by Gasteiger charge is 2.66. The third-order valence-electron chi connectivity index (χ3n) is 4.34. The van der Waals surface area contributed by atoms with Crippen molar-refractivity contribution in [2.45, 2.75) is 40.3 Å². The highest BCUT2D eigenvalue weighted by molar-refractivity contribution is 5.91. The van der Waals surface area contributed by atoms with Gasteiger partial charge in [0.05, 0.1) is 11.8 Å². The molecule has 1 amide bonds. The average Bonchev–Trinajstić information content (AvgIpc) is 2.99. The van der Waals surface area contributed by atoms with Crippen LogP contribution < -0.4 is 0 Å². The van der Waals surface area contributed by atoms with Crippen LogP contribution in [0.2, 0.25) is 0 Å². The molecule has 0 aromatic carbocycles. The number of rotatable bonds is 5. The van der Waals surface area contributed by atoms with Gasteiger partial charge in [-0.1, -0.05) is 19.9 Å². The molecule has 0 bridgehead atoms. The number of aromatic nitrogens is 1. The molecule has 1 heterocycles. The van der Waals surface area contributed by atoms with Crippen molar-refractivity contribution in [1.82, 2.24) is 9.88 Å². The molecular formula is C16H22N2O3. The Morgan fingerprint density at radius 1 is 1.38 bits per heavy atom. The largest absolute Gasteiger partial charge is 0.481 e. The molecule has 114 valence electrons. The molecule has 2 atom stereocenters. The van der Waals surface area contributed by atoms with Crippen molar-refractivity contribution in [3.8, 4) is 0 Å². The predicted octanol–water partition coefficient (Wildman–Crippen LogP) is 2.18. The third kappa shape index (κ3) is 2.91. The summed E-state index contributed by atoms with van der Waals surface area (Å²) in [4.78, 5) is 29.8. The van der Waals surface area contributed by atoms with E-state index >= 15 is 0 Å². The number of nitrogens with zero attached hydrogens (tertiary/aromatic N) is 2. The summed E-state index contributed by atoms with van der Waals surface area (Å²) in [6.07, 6.45) is 3.42. The molecule has 1 aromatic rings. The molecular weight excluding hydrogens is 268 g/mol. The first-order valence-corrected chi connectivity index (χ1v) is 7.19. The van der Waals surface area contributed by atoms with Gasteiger partial charge in [0.1, 0.15) is 0 Å². The van der Waals surface area contributed by atoms with Crippen molar-refractivity contribution in [3.63, 3.8) is 0 Å². The van der Waals surface area contributed by atoms with E-state index in [0.29, 0.717) is 6.54 Å². The fourth-order valence-corrected chi connectivity index (χ4v) is 2.94. The standard InChI is InChI=1S/C16H22N2O3/c1-10(2)18(9-11-6-5-7-17-8-11)14(19)12-13(15(20)21)16(12,3)4/h5-8,10,12-13H,9H2,1-4H3,(H,20,21)/t12-,13+/m1/s1. The number of carbonyl (C=O) groups is 2. The molecule has 0 spiro atoms. The summed E-state index contributed by atoms with van der Waals surface area (Å²) < 4.78 is 0. The van der Waals surface area contributed by atoms with E-state index in [0.717, 1.165) is 5.56 Å². The highest BCUT2D eigenvalue weighted by atomic mass is 16.4. The van der Waals surface area contributed by atoms with Crippen molar-refractivity contribution >= 4 is 11.9 Å². The summed E-state index contributed by atoms with van der Waals surface area (Å²) >= 11 is 0. The lowest BCUT2D eigenvalue weighted by Gasteiger charge is -2.27. The van der Waals surface area contributed by atoms with Gasteiger partial charge in [0, 0.05) is 25.0 Å². The zero-order chi connectivity index (χ0) is 15.8. The van der Waals surface area contributed by atoms with Crippen LogP contribution >= 0.6 is 0 Å². The van der Waals surface area contributed by atoms with Gasteiger partial charge in [-0.3, -0.25) is 14.6 Å². The molecule has 1 saturated carbocycles. The summed E-state index contributed by atoms with van der Waals surface area (Å²) in [7, 11) is 0. The fraction of sp³-hybridized carbons (Fsp3) is 0.562. The summed E-state index contributed by atoms with van der Waals surface area (Å²) in [5.74, 6) is -1.98. The van der Waals surface area contributed by atoms with Crippen LogP contribution in [0.1, 0.15) is 33.3 Å². The van der Waals surface area contributed by atoms with E-state index in [9.17, 15) is 14.7 Å². The number of pyridine rings is 1. The maximum absolute atomic E-state index is 12.7. The Kier molecular flexibility index (Phi) is 4.03. The summed E-state index contributed by atoms with van der Waals surface area (Å²) in [5.41, 5.74) is 0.482. The molecule has 21 heavy (non-hydrogen) atoms. The topological polar surface area (TPSA) is 70.5 Å². The molecule has 5 nitrogen and oxygen atoms in total. The summed E-state index contributed by atoms with van der Waals surface area (Å²) in [6, 6.07) is 3.77. The Labute approximate surface area is 125 Å². The van der Waals surface area contributed by atoms with E-state index in [1.807, 2.05) is 39.8 Å². The van der Waals surface area contributed by atoms with Gasteiger partial charge in [-0.25, -0.2) is 0 Å². The minimum atomic E-state index is -0.886. The smallest absolute Gasteiger partial charge is 0.307 e. The number of amides is 1. The van der Waals surface area contributed by atoms with Gasteiger partial charge in [0.25, 0.3) is 0 Å². The number of hydrogen-bond donors (Lipinski definition) is 1. The lowest BCUT2D eigenvalue weighted by Crippen LogP contribution is -2.38. The Morgan fingerprint density at radius 3 is 2.48 bits per heavy atom. The van der Waals surface area contributed by atoms with Crippen LogP contribution in [0, 0.1) is 17.3 Å². The van der Waals surface area contributed by atoms with Gasteiger partial charge < -0.3 is 10.0 Å². The van der Waals surface area contributed by atoms with E-state index in [4.69, 9.17) is 0 Å². The van der Waals surface area contributed by atoms with Crippen LogP contribution in [0.3, 0.4) is 0 Å². The second-order valence-corrected chi connectivity index (χ2v) is 6.54. The van der Waals surface area contributed by atoms with Gasteiger partial charge >= 0.3 is 5.97 Å². The number of carbonyl (C=O) groups excluding carboxylic acids is 1. The van der Waals surface area contributed by atoms with Gasteiger partial charge in [0.15, 0.2) is 0 Å². The second-order valence-electron chi connectivity index (χ2n) is 6.54. The number of hydrogen-bond acceptors (Lipinski definition) is 3. The van der Waals surface area contributed by atoms with Crippen molar-refractivity contribution in [2.24, 2.45) is 17.3 Å². The van der Waals surface area contributed by atoms with Crippen LogP contribution in [-0.2, 0) is 16.1 Å². The number of aliphatic carboxylic acids is 1. The van der Waals surface area contributed by atoms with Crippen molar-refractivity contribution in [3.05, 3.63) is 30.1 Å². The summed E-state index contributed by atoms with van der Waals surface area (Å²) in [5, 5.41) is 9.24. The Hall–Kier alpha value is -1.91. The first-order chi connectivity index (χ1) is 9.76. The second kappa shape index (κ2) is 5.47. The Balaban J connectivity index is 2.16. The molecule has 1 aromatic heterocycles. The van der Waals surface area contributed by atoms with Gasteiger partial charge in [-0.05, 0) is 30.9 Å². The molecule has 0 radical (unpaired) electrons. The molecule has 0 unspecified atom stereocenters. The monoisotopic (exact) mass is 290 g/mol. The molecule has 1 aliphatic rings. The molecule has 1 aliphatic carbocycles. The molecule has 0 saturated heterocycles. The summed E-state index contributed by atoms with van der Waals surface area (Å²) in [6.45, 7) is 8.04. The lowest BCUT2D eigenvalue weighted by atomic mass is 10.1. The zero-order valence-electron chi connectivity index (χ0n) is 12.9. The Bertz CT molecular complexity index is 540. The van der Waals surface area contributed by atoms with Gasteiger partial charge in [0.2, 0.25) is 5.91 Å². The fourth-order valence-electron chi connectivity index (χ4n) is 2.94. The molecule has 0 aliphatic heterocycles. The normalized spacial score (nSPS) is 22.9. The minimum Gasteiger partial charge on any atom is -0.481 e. The minimum absolute atomic E-state index is 0.0172. The molecule has 1 fully saturated rings. The highest BCUT2D eigenvalue weighted by Crippen LogP contribution is 2.59. The van der Waals surface area contributed by atoms with E-state index < -0.39 is 23.2 Å². The van der Waals surface area contributed by atoms with E-state index in [1.54, 1.807) is 17.3 Å². The van der Waals surface area contributed by atoms with Crippen LogP contribution in [-0.4, -0.2) is 32.9 Å². The molecule has 5 heteroatoms. The average molecular weight is 290 g/mol. The first kappa shape index (κ1) is 15.5. The van der Waals surface area contributed by atoms with Crippen LogP contribution in [0.5, 0.6) is 0 Å². The van der Waals surface area contributed by atoms with Crippen molar-refractivity contribution in [1.29, 1.82) is 0 Å². The maximum atomic E-state index is 12.7. The predicted molar refractivity (Wildman–Crippen MR) is 78.3 cm³/mol. The molecule has 1 N–H and O–H groups in total. The SMILES string of the molecule is CC(C)N(Cc1cccnc1)C(=O)[C@H]1[C@@H](C(=O)O)C1(C)C. The van der Waals surface area contributed by atoms with Gasteiger partial charge in [-0.15, -0.1) is 0 Å². The first-order valence-electron chi connectivity index (χ1n) is 7.19. The van der Waals surface area contributed by atoms with Crippen molar-refractivity contribution < 1.29 is 14.7 Å². The lowest BCUT2D eigenvalue weighted by molar-refractivity contribution is -0.142. The number of carboxylic acid groups (broad SMARTS) is 1. The maximum Gasteiger partial charge on any atom is 0.307 e. The van der Waals surface area contributed by atoms with Gasteiger partial charge in [-0.2, -0.15) is 0 Å². The Morgan fingerprint density at radius 2 is 2.05 bits per heavy atom. The van der Waals surface area contributed by atoms with E-state index in [-0.39, 0.29) is 11.9 Å². The number of carboxylic acids is 1. The quantitative estimate of drug-likeness (QED) is 0.902. The van der Waals surface area contributed by atoms with Crippen LogP contribution in [0.25, 0.3) is 0 Å². The third-order valence-corrected chi connectivity index (χ3v) is 4.34. The van der Waals surface area contributed by atoms with E-state index in [1.165, 1.54) is 0 Å². The zero-order valence-corrected chi connectivity index (χ0v) is 12.9. The van der Waals surface area contributed by atoms with Crippen LogP contribution in [0.4, 0.5) is 0 Å². The van der Waals surface area contributed by atoms with Crippen LogP contribution in [0.15, 0.2) is 24.5 Å². The molecule has 2 rings (SSSR count). The van der Waals surface area contributed by atoms with E-state index in [2.05, 4.69) is 4.98 Å².